The highest BCUT2D eigenvalue weighted by Crippen LogP contribution is 2.34. The Labute approximate surface area is 174 Å². The predicted octanol–water partition coefficient (Wildman–Crippen LogP) is 5.68. The van der Waals surface area contributed by atoms with Gasteiger partial charge in [-0.2, -0.15) is 0 Å². The van der Waals surface area contributed by atoms with Crippen molar-refractivity contribution < 1.29 is 23.1 Å². The van der Waals surface area contributed by atoms with Crippen LogP contribution < -0.4 is 5.32 Å². The molecular weight excluding hydrogens is 396 g/mol. The molecule has 0 aliphatic carbocycles. The third kappa shape index (κ3) is 6.29. The summed E-state index contributed by atoms with van der Waals surface area (Å²) in [6.45, 7) is 7.34. The number of hydrogen-bond donors (Lipinski definition) is 1. The largest absolute Gasteiger partial charge is 0.462 e. The van der Waals surface area contributed by atoms with E-state index in [1.54, 1.807) is 37.3 Å². The van der Waals surface area contributed by atoms with Crippen molar-refractivity contribution in [3.63, 3.8) is 0 Å². The number of carbonyl (C=O) groups excluding carboxylic acids is 2. The maximum Gasteiger partial charge on any atom is 0.319 e. The van der Waals surface area contributed by atoms with Crippen molar-refractivity contribution in [3.8, 4) is 0 Å². The predicted molar refractivity (Wildman–Crippen MR) is 111 cm³/mol. The molecule has 0 spiro atoms. The van der Waals surface area contributed by atoms with Crippen LogP contribution >= 0.6 is 11.8 Å². The zero-order valence-electron chi connectivity index (χ0n) is 16.9. The number of nitrogens with one attached hydrogen (secondary N) is 1. The SMILES string of the molecule is CCC(C)OC(=O)C(Sc1cc(NC(=O)c2ccccc2)c(F)cc1F)C(C)C. The first-order chi connectivity index (χ1) is 13.7. The molecule has 0 aromatic heterocycles. The highest BCUT2D eigenvalue weighted by Gasteiger charge is 2.28. The Balaban J connectivity index is 2.24. The van der Waals surface area contributed by atoms with Crippen LogP contribution in [0.4, 0.5) is 14.5 Å². The molecule has 0 radical (unpaired) electrons. The first kappa shape index (κ1) is 22.9. The lowest BCUT2D eigenvalue weighted by molar-refractivity contribution is -0.148. The van der Waals surface area contributed by atoms with E-state index in [9.17, 15) is 18.4 Å². The number of benzene rings is 2. The van der Waals surface area contributed by atoms with E-state index < -0.39 is 28.8 Å². The summed E-state index contributed by atoms with van der Waals surface area (Å²) in [7, 11) is 0. The second-order valence-electron chi connectivity index (χ2n) is 7.02. The lowest BCUT2D eigenvalue weighted by atomic mass is 10.1. The van der Waals surface area contributed by atoms with Crippen molar-refractivity contribution in [1.82, 2.24) is 0 Å². The summed E-state index contributed by atoms with van der Waals surface area (Å²) < 4.78 is 34.0. The summed E-state index contributed by atoms with van der Waals surface area (Å²) in [5, 5.41) is 1.79. The Morgan fingerprint density at radius 2 is 1.72 bits per heavy atom. The summed E-state index contributed by atoms with van der Waals surface area (Å²) in [4.78, 5) is 24.8. The van der Waals surface area contributed by atoms with E-state index in [2.05, 4.69) is 5.32 Å². The molecule has 0 bridgehead atoms. The molecule has 2 atom stereocenters. The van der Waals surface area contributed by atoms with Crippen molar-refractivity contribution in [2.45, 2.75) is 50.4 Å². The van der Waals surface area contributed by atoms with E-state index in [0.717, 1.165) is 11.8 Å². The summed E-state index contributed by atoms with van der Waals surface area (Å²) in [5.74, 6) is -2.78. The number of anilines is 1. The lowest BCUT2D eigenvalue weighted by Crippen LogP contribution is -2.28. The van der Waals surface area contributed by atoms with Gasteiger partial charge in [0.2, 0.25) is 0 Å². The Bertz CT molecular complexity index is 859. The third-order valence-corrected chi connectivity index (χ3v) is 5.85. The van der Waals surface area contributed by atoms with Gasteiger partial charge >= 0.3 is 5.97 Å². The number of amides is 1. The van der Waals surface area contributed by atoms with Crippen LogP contribution in [0.5, 0.6) is 0 Å². The average Bonchev–Trinajstić information content (AvgIpc) is 2.69. The summed E-state index contributed by atoms with van der Waals surface area (Å²) in [6.07, 6.45) is 0.421. The van der Waals surface area contributed by atoms with Crippen molar-refractivity contribution in [3.05, 3.63) is 59.7 Å². The van der Waals surface area contributed by atoms with Crippen LogP contribution in [0.25, 0.3) is 0 Å². The molecule has 2 aromatic carbocycles. The topological polar surface area (TPSA) is 55.4 Å². The number of esters is 1. The normalized spacial score (nSPS) is 13.1. The Kier molecular flexibility index (Phi) is 8.20. The summed E-state index contributed by atoms with van der Waals surface area (Å²) in [5.41, 5.74) is 0.197. The number of hydrogen-bond acceptors (Lipinski definition) is 4. The Morgan fingerprint density at radius 3 is 2.31 bits per heavy atom. The van der Waals surface area contributed by atoms with Crippen molar-refractivity contribution >= 4 is 29.3 Å². The molecule has 0 aliphatic heterocycles. The maximum atomic E-state index is 14.4. The molecule has 7 heteroatoms. The molecule has 2 rings (SSSR count). The van der Waals surface area contributed by atoms with Gasteiger partial charge in [-0.05, 0) is 37.5 Å². The van der Waals surface area contributed by atoms with E-state index in [1.807, 2.05) is 20.8 Å². The van der Waals surface area contributed by atoms with E-state index >= 15 is 0 Å². The molecule has 2 unspecified atom stereocenters. The van der Waals surface area contributed by atoms with Crippen LogP contribution in [0.1, 0.15) is 44.5 Å². The zero-order chi connectivity index (χ0) is 21.6. The molecule has 156 valence electrons. The molecular formula is C22H25F2NO3S. The molecule has 0 saturated heterocycles. The highest BCUT2D eigenvalue weighted by molar-refractivity contribution is 8.00. The van der Waals surface area contributed by atoms with Gasteiger partial charge in [0.05, 0.1) is 11.8 Å². The molecule has 1 amide bonds. The molecule has 0 aliphatic rings. The van der Waals surface area contributed by atoms with Crippen molar-refractivity contribution in [2.75, 3.05) is 5.32 Å². The quantitative estimate of drug-likeness (QED) is 0.440. The van der Waals surface area contributed by atoms with Crippen LogP contribution in [-0.2, 0) is 9.53 Å². The molecule has 0 fully saturated rings. The smallest absolute Gasteiger partial charge is 0.319 e. The zero-order valence-corrected chi connectivity index (χ0v) is 17.7. The average molecular weight is 422 g/mol. The first-order valence-corrected chi connectivity index (χ1v) is 10.3. The van der Waals surface area contributed by atoms with E-state index in [1.165, 1.54) is 6.07 Å². The van der Waals surface area contributed by atoms with Gasteiger partial charge in [-0.25, -0.2) is 8.78 Å². The minimum Gasteiger partial charge on any atom is -0.462 e. The summed E-state index contributed by atoms with van der Waals surface area (Å²) in [6, 6.07) is 10.2. The minimum atomic E-state index is -0.889. The van der Waals surface area contributed by atoms with Crippen LogP contribution in [0.15, 0.2) is 47.4 Å². The van der Waals surface area contributed by atoms with Gasteiger partial charge in [-0.15, -0.1) is 11.8 Å². The molecule has 1 N–H and O–H groups in total. The second kappa shape index (κ2) is 10.4. The molecule has 2 aromatic rings. The number of ether oxygens (including phenoxy) is 1. The van der Waals surface area contributed by atoms with Gasteiger partial charge in [0.1, 0.15) is 16.9 Å². The third-order valence-electron chi connectivity index (χ3n) is 4.29. The minimum absolute atomic E-state index is 0.0644. The Morgan fingerprint density at radius 1 is 1.07 bits per heavy atom. The van der Waals surface area contributed by atoms with Gasteiger partial charge in [-0.1, -0.05) is 39.0 Å². The number of thioether (sulfide) groups is 1. The van der Waals surface area contributed by atoms with Crippen LogP contribution in [0, 0.1) is 17.6 Å². The molecule has 4 nitrogen and oxygen atoms in total. The van der Waals surface area contributed by atoms with Crippen molar-refractivity contribution in [1.29, 1.82) is 0 Å². The Hall–Kier alpha value is -2.41. The number of halogens is 2. The standard InChI is InChI=1S/C22H25F2NO3S/c1-5-14(4)28-22(27)20(13(2)3)29-19-12-18(16(23)11-17(19)24)25-21(26)15-9-7-6-8-10-15/h6-14,20H,5H2,1-4H3,(H,25,26). The van der Waals surface area contributed by atoms with Crippen LogP contribution in [-0.4, -0.2) is 23.2 Å². The first-order valence-electron chi connectivity index (χ1n) is 9.45. The van der Waals surface area contributed by atoms with E-state index in [0.29, 0.717) is 18.1 Å². The molecule has 0 heterocycles. The van der Waals surface area contributed by atoms with Gasteiger partial charge in [0.15, 0.2) is 0 Å². The van der Waals surface area contributed by atoms with Crippen LogP contribution in [0.3, 0.4) is 0 Å². The van der Waals surface area contributed by atoms with Gasteiger partial charge < -0.3 is 10.1 Å². The fourth-order valence-corrected chi connectivity index (χ4v) is 3.50. The van der Waals surface area contributed by atoms with E-state index in [-0.39, 0.29) is 22.6 Å². The lowest BCUT2D eigenvalue weighted by Gasteiger charge is -2.22. The maximum absolute atomic E-state index is 14.4. The van der Waals surface area contributed by atoms with Crippen LogP contribution in [0.2, 0.25) is 0 Å². The fourth-order valence-electron chi connectivity index (χ4n) is 2.44. The summed E-state index contributed by atoms with van der Waals surface area (Å²) >= 11 is 0.962. The van der Waals surface area contributed by atoms with Gasteiger partial charge in [-0.3, -0.25) is 9.59 Å². The van der Waals surface area contributed by atoms with Crippen molar-refractivity contribution in [2.24, 2.45) is 5.92 Å². The fraction of sp³-hybridized carbons (Fsp3) is 0.364. The molecule has 29 heavy (non-hydrogen) atoms. The van der Waals surface area contributed by atoms with Gasteiger partial charge in [0.25, 0.3) is 5.91 Å². The number of carbonyl (C=O) groups is 2. The highest BCUT2D eigenvalue weighted by atomic mass is 32.2. The number of rotatable bonds is 8. The molecule has 0 saturated carbocycles. The monoisotopic (exact) mass is 421 g/mol. The van der Waals surface area contributed by atoms with Gasteiger partial charge in [0, 0.05) is 16.5 Å². The van der Waals surface area contributed by atoms with E-state index in [4.69, 9.17) is 4.74 Å². The second-order valence-corrected chi connectivity index (χ2v) is 8.20.